The first-order valence-electron chi connectivity index (χ1n) is 3.09. The van der Waals surface area contributed by atoms with Crippen molar-refractivity contribution < 1.29 is 4.39 Å². The number of rotatable bonds is 4. The molecule has 0 fully saturated rings. The zero-order valence-corrected chi connectivity index (χ0v) is 7.78. The van der Waals surface area contributed by atoms with E-state index in [4.69, 9.17) is 0 Å². The van der Waals surface area contributed by atoms with Gasteiger partial charge in [0.2, 0.25) is 0 Å². The molecular formula is C6H12FSb. The van der Waals surface area contributed by atoms with Gasteiger partial charge in [-0.25, -0.2) is 0 Å². The number of hydrogen-bond acceptors (Lipinski definition) is 0. The van der Waals surface area contributed by atoms with Crippen LogP contribution in [-0.4, -0.2) is 27.1 Å². The third-order valence-corrected chi connectivity index (χ3v) is 1.78. The van der Waals surface area contributed by atoms with Gasteiger partial charge in [-0.05, 0) is 0 Å². The van der Waals surface area contributed by atoms with E-state index >= 15 is 0 Å². The van der Waals surface area contributed by atoms with Gasteiger partial charge in [0, 0.05) is 0 Å². The van der Waals surface area contributed by atoms with Crippen molar-refractivity contribution in [3.63, 3.8) is 0 Å². The predicted octanol–water partition coefficient (Wildman–Crippen LogP) is 2.03. The summed E-state index contributed by atoms with van der Waals surface area (Å²) in [4.78, 5) is 0. The van der Waals surface area contributed by atoms with Crippen LogP contribution >= 0.6 is 0 Å². The molecule has 48 valence electrons. The Morgan fingerprint density at radius 3 is 2.50 bits per heavy atom. The molecule has 2 heteroatoms. The fraction of sp³-hybridized carbons (Fsp3) is 1.00. The molecule has 0 heterocycles. The van der Waals surface area contributed by atoms with Gasteiger partial charge < -0.3 is 0 Å². The summed E-state index contributed by atoms with van der Waals surface area (Å²) in [6.07, 6.45) is 4.20. The van der Waals surface area contributed by atoms with Crippen LogP contribution < -0.4 is 0 Å². The van der Waals surface area contributed by atoms with Gasteiger partial charge in [-0.3, -0.25) is 0 Å². The minimum absolute atomic E-state index is 0.546. The van der Waals surface area contributed by atoms with Gasteiger partial charge in [0.15, 0.2) is 0 Å². The Labute approximate surface area is 64.3 Å². The molecule has 0 aliphatic carbocycles. The molecule has 0 spiro atoms. The van der Waals surface area contributed by atoms with E-state index in [-0.39, 0.29) is 0 Å². The van der Waals surface area contributed by atoms with E-state index in [0.29, 0.717) is 0 Å². The summed E-state index contributed by atoms with van der Waals surface area (Å²) >= 11 is 1.30. The van der Waals surface area contributed by atoms with Crippen molar-refractivity contribution in [1.82, 2.24) is 0 Å². The van der Waals surface area contributed by atoms with E-state index in [1.807, 2.05) is 0 Å². The van der Waals surface area contributed by atoms with Crippen molar-refractivity contribution >= 4 is 23.0 Å². The number of halogens is 1. The van der Waals surface area contributed by atoms with Crippen molar-refractivity contribution in [3.8, 4) is 0 Å². The zero-order chi connectivity index (χ0) is 6.41. The van der Waals surface area contributed by atoms with Crippen LogP contribution in [0.2, 0.25) is 0 Å². The zero-order valence-electron chi connectivity index (χ0n) is 5.23. The molecule has 2 radical (unpaired) electrons. The van der Waals surface area contributed by atoms with Gasteiger partial charge in [-0.2, -0.15) is 0 Å². The van der Waals surface area contributed by atoms with Gasteiger partial charge in [0.05, 0.1) is 0 Å². The van der Waals surface area contributed by atoms with Gasteiger partial charge in [0.25, 0.3) is 0 Å². The van der Waals surface area contributed by atoms with Crippen LogP contribution in [0.25, 0.3) is 0 Å². The van der Waals surface area contributed by atoms with E-state index < -0.39 is 4.12 Å². The molecule has 0 aromatic carbocycles. The maximum atomic E-state index is 12.0. The molecule has 0 aliphatic heterocycles. The van der Waals surface area contributed by atoms with Gasteiger partial charge in [0.1, 0.15) is 0 Å². The van der Waals surface area contributed by atoms with Crippen molar-refractivity contribution in [1.29, 1.82) is 0 Å². The van der Waals surface area contributed by atoms with Crippen molar-refractivity contribution in [2.24, 2.45) is 0 Å². The number of alkyl halides is 1. The molecule has 1 unspecified atom stereocenters. The summed E-state index contributed by atoms with van der Waals surface area (Å²) in [6, 6.07) is 0. The molecule has 0 rings (SSSR count). The molecule has 8 heavy (non-hydrogen) atoms. The summed E-state index contributed by atoms with van der Waals surface area (Å²) in [5, 5.41) is 0. The van der Waals surface area contributed by atoms with E-state index in [1.165, 1.54) is 35.9 Å². The molecular weight excluding hydrogens is 213 g/mol. The monoisotopic (exact) mass is 224 g/mol. The molecule has 0 nitrogen and oxygen atoms in total. The summed E-state index contributed by atoms with van der Waals surface area (Å²) in [5.74, 6) is 0. The first kappa shape index (κ1) is 8.75. The van der Waals surface area contributed by atoms with Crippen LogP contribution in [0.3, 0.4) is 0 Å². The maximum absolute atomic E-state index is 12.0. The Bertz CT molecular complexity index is 45.8. The Balaban J connectivity index is 2.72. The summed E-state index contributed by atoms with van der Waals surface area (Å²) < 4.78 is 11.5. The van der Waals surface area contributed by atoms with Crippen LogP contribution in [0.15, 0.2) is 0 Å². The van der Waals surface area contributed by atoms with Crippen LogP contribution in [0.5, 0.6) is 0 Å². The van der Waals surface area contributed by atoms with Gasteiger partial charge in [-0.15, -0.1) is 0 Å². The normalized spacial score (nSPS) is 13.9. The first-order chi connectivity index (χ1) is 3.77. The Kier molecular flexibility index (Phi) is 6.43. The Morgan fingerprint density at radius 2 is 2.12 bits per heavy atom. The quantitative estimate of drug-likeness (QED) is 0.507. The Hall–Kier alpha value is 0.748. The standard InChI is InChI=1S/C6H12F.Sb/c1-2-3-4-5-6-7;/h6H,2-5H2,1H3;. The fourth-order valence-corrected chi connectivity index (χ4v) is 1.08. The molecule has 1 atom stereocenters. The van der Waals surface area contributed by atoms with Crippen LogP contribution in [0.4, 0.5) is 4.39 Å². The average molecular weight is 225 g/mol. The molecule has 0 aliphatic rings. The molecule has 0 amide bonds. The molecule has 0 bridgehead atoms. The molecule has 0 saturated carbocycles. The van der Waals surface area contributed by atoms with E-state index in [0.717, 1.165) is 12.8 Å². The van der Waals surface area contributed by atoms with Crippen molar-refractivity contribution in [2.75, 3.05) is 0 Å². The molecule has 0 aromatic rings. The number of unbranched alkanes of at least 4 members (excludes halogenated alkanes) is 2. The average Bonchev–Trinajstić information content (AvgIpc) is 1.66. The third kappa shape index (κ3) is 6.75. The van der Waals surface area contributed by atoms with Gasteiger partial charge in [-0.1, -0.05) is 0 Å². The SMILES string of the molecule is CCCCC[CH](F)[Sb]. The minimum atomic E-state index is -0.546. The predicted molar refractivity (Wildman–Crippen MR) is 34.8 cm³/mol. The van der Waals surface area contributed by atoms with E-state index in [2.05, 4.69) is 6.92 Å². The summed E-state index contributed by atoms with van der Waals surface area (Å²) in [5.41, 5.74) is 0. The van der Waals surface area contributed by atoms with Crippen molar-refractivity contribution in [2.45, 2.75) is 36.7 Å². The van der Waals surface area contributed by atoms with Crippen LogP contribution in [0.1, 0.15) is 32.6 Å². The summed E-state index contributed by atoms with van der Waals surface area (Å²) in [6.45, 7) is 2.13. The van der Waals surface area contributed by atoms with Gasteiger partial charge >= 0.3 is 64.1 Å². The van der Waals surface area contributed by atoms with Crippen LogP contribution in [-0.2, 0) is 0 Å². The second-order valence-electron chi connectivity index (χ2n) is 1.93. The first-order valence-corrected chi connectivity index (χ1v) is 4.57. The number of hydrogen-bond donors (Lipinski definition) is 0. The fourth-order valence-electron chi connectivity index (χ4n) is 0.563. The van der Waals surface area contributed by atoms with Crippen molar-refractivity contribution in [3.05, 3.63) is 0 Å². The van der Waals surface area contributed by atoms with Crippen LogP contribution in [0, 0.1) is 0 Å². The van der Waals surface area contributed by atoms with E-state index in [1.54, 1.807) is 0 Å². The molecule has 0 N–H and O–H groups in total. The van der Waals surface area contributed by atoms with E-state index in [9.17, 15) is 4.39 Å². The topological polar surface area (TPSA) is 0 Å². The third-order valence-electron chi connectivity index (χ3n) is 1.05. The second kappa shape index (κ2) is 5.88. The molecule has 0 aromatic heterocycles. The summed E-state index contributed by atoms with van der Waals surface area (Å²) in [7, 11) is 0. The molecule has 0 saturated heterocycles. The second-order valence-corrected chi connectivity index (χ2v) is 3.53. The Morgan fingerprint density at radius 1 is 1.50 bits per heavy atom.